The Hall–Kier alpha value is -2.30. The SMILES string of the molecule is CC[C@@H](C(=O)NCc1cccc(OC(C)C)c1)n1nc(C)cc1C. The molecular weight excluding hydrogens is 302 g/mol. The number of nitrogens with zero attached hydrogens (tertiary/aromatic N) is 2. The molecule has 0 aliphatic rings. The van der Waals surface area contributed by atoms with E-state index in [0.717, 1.165) is 22.7 Å². The molecule has 0 fully saturated rings. The summed E-state index contributed by atoms with van der Waals surface area (Å²) in [5, 5.41) is 7.45. The molecule has 1 aromatic carbocycles. The number of benzene rings is 1. The first-order valence-corrected chi connectivity index (χ1v) is 8.46. The van der Waals surface area contributed by atoms with Crippen LogP contribution in [-0.2, 0) is 11.3 Å². The average molecular weight is 329 g/mol. The largest absolute Gasteiger partial charge is 0.491 e. The topological polar surface area (TPSA) is 56.1 Å². The quantitative estimate of drug-likeness (QED) is 0.845. The van der Waals surface area contributed by atoms with Crippen LogP contribution in [0.15, 0.2) is 30.3 Å². The number of carbonyl (C=O) groups excluding carboxylic acids is 1. The number of hydrogen-bond acceptors (Lipinski definition) is 3. The second-order valence-corrected chi connectivity index (χ2v) is 6.33. The van der Waals surface area contributed by atoms with Crippen LogP contribution in [0.2, 0.25) is 0 Å². The van der Waals surface area contributed by atoms with E-state index in [9.17, 15) is 4.79 Å². The van der Waals surface area contributed by atoms with Gasteiger partial charge in [0.25, 0.3) is 0 Å². The van der Waals surface area contributed by atoms with Crippen molar-refractivity contribution < 1.29 is 9.53 Å². The zero-order valence-electron chi connectivity index (χ0n) is 15.2. The summed E-state index contributed by atoms with van der Waals surface area (Å²) in [6.45, 7) is 10.4. The first-order valence-electron chi connectivity index (χ1n) is 8.46. The second-order valence-electron chi connectivity index (χ2n) is 6.33. The van der Waals surface area contributed by atoms with Crippen LogP contribution in [0, 0.1) is 13.8 Å². The summed E-state index contributed by atoms with van der Waals surface area (Å²) in [4.78, 5) is 12.6. The van der Waals surface area contributed by atoms with Gasteiger partial charge in [0.2, 0.25) is 5.91 Å². The third-order valence-electron chi connectivity index (χ3n) is 3.77. The molecule has 5 heteroatoms. The summed E-state index contributed by atoms with van der Waals surface area (Å²) >= 11 is 0. The van der Waals surface area contributed by atoms with Crippen LogP contribution in [-0.4, -0.2) is 21.8 Å². The van der Waals surface area contributed by atoms with E-state index in [1.807, 2.05) is 69.6 Å². The molecule has 1 aromatic heterocycles. The molecule has 1 heterocycles. The number of ether oxygens (including phenoxy) is 1. The molecule has 2 aromatic rings. The average Bonchev–Trinajstić information content (AvgIpc) is 2.84. The highest BCUT2D eigenvalue weighted by atomic mass is 16.5. The molecule has 24 heavy (non-hydrogen) atoms. The minimum absolute atomic E-state index is 0.0149. The minimum Gasteiger partial charge on any atom is -0.491 e. The number of hydrogen-bond donors (Lipinski definition) is 1. The summed E-state index contributed by atoms with van der Waals surface area (Å²) in [5.41, 5.74) is 2.95. The van der Waals surface area contributed by atoms with Gasteiger partial charge in [-0.3, -0.25) is 9.48 Å². The lowest BCUT2D eigenvalue weighted by Crippen LogP contribution is -2.33. The van der Waals surface area contributed by atoms with E-state index >= 15 is 0 Å². The van der Waals surface area contributed by atoms with E-state index in [1.54, 1.807) is 0 Å². The van der Waals surface area contributed by atoms with Gasteiger partial charge in [0.05, 0.1) is 11.8 Å². The summed E-state index contributed by atoms with van der Waals surface area (Å²) < 4.78 is 7.50. The number of aromatic nitrogens is 2. The Morgan fingerprint density at radius 1 is 1.29 bits per heavy atom. The maximum absolute atomic E-state index is 12.6. The minimum atomic E-state index is -0.284. The van der Waals surface area contributed by atoms with Gasteiger partial charge in [-0.05, 0) is 57.9 Å². The molecule has 0 saturated carbocycles. The highest BCUT2D eigenvalue weighted by molar-refractivity contribution is 5.80. The molecule has 5 nitrogen and oxygen atoms in total. The Kier molecular flexibility index (Phi) is 6.01. The first kappa shape index (κ1) is 18.0. The fourth-order valence-electron chi connectivity index (χ4n) is 2.74. The van der Waals surface area contributed by atoms with Crippen molar-refractivity contribution in [2.24, 2.45) is 0 Å². The van der Waals surface area contributed by atoms with Gasteiger partial charge < -0.3 is 10.1 Å². The van der Waals surface area contributed by atoms with Crippen LogP contribution in [0.25, 0.3) is 0 Å². The van der Waals surface area contributed by atoms with Crippen molar-refractivity contribution in [3.63, 3.8) is 0 Å². The van der Waals surface area contributed by atoms with E-state index in [4.69, 9.17) is 4.74 Å². The molecule has 1 amide bonds. The van der Waals surface area contributed by atoms with Crippen LogP contribution in [0.5, 0.6) is 5.75 Å². The summed E-state index contributed by atoms with van der Waals surface area (Å²) in [6, 6.07) is 9.52. The number of nitrogens with one attached hydrogen (secondary N) is 1. The van der Waals surface area contributed by atoms with Crippen molar-refractivity contribution in [1.82, 2.24) is 15.1 Å². The third-order valence-corrected chi connectivity index (χ3v) is 3.77. The maximum atomic E-state index is 12.6. The molecule has 0 aliphatic carbocycles. The second kappa shape index (κ2) is 7.99. The Morgan fingerprint density at radius 2 is 2.04 bits per heavy atom. The van der Waals surface area contributed by atoms with Crippen LogP contribution in [0.3, 0.4) is 0 Å². The van der Waals surface area contributed by atoms with E-state index in [-0.39, 0.29) is 18.1 Å². The van der Waals surface area contributed by atoms with Crippen molar-refractivity contribution in [3.8, 4) is 5.75 Å². The van der Waals surface area contributed by atoms with Crippen molar-refractivity contribution in [2.75, 3.05) is 0 Å². The lowest BCUT2D eigenvalue weighted by Gasteiger charge is -2.17. The molecule has 0 aliphatic heterocycles. The van der Waals surface area contributed by atoms with Gasteiger partial charge in [0.15, 0.2) is 0 Å². The zero-order valence-corrected chi connectivity index (χ0v) is 15.2. The van der Waals surface area contributed by atoms with Gasteiger partial charge in [-0.15, -0.1) is 0 Å². The fourth-order valence-corrected chi connectivity index (χ4v) is 2.74. The van der Waals surface area contributed by atoms with Gasteiger partial charge in [0, 0.05) is 12.2 Å². The molecule has 1 atom stereocenters. The third kappa shape index (κ3) is 4.60. The highest BCUT2D eigenvalue weighted by Gasteiger charge is 2.20. The normalized spacial score (nSPS) is 12.2. The van der Waals surface area contributed by atoms with Crippen molar-refractivity contribution in [2.45, 2.75) is 59.7 Å². The highest BCUT2D eigenvalue weighted by Crippen LogP contribution is 2.17. The van der Waals surface area contributed by atoms with E-state index in [0.29, 0.717) is 13.0 Å². The maximum Gasteiger partial charge on any atom is 0.245 e. The summed E-state index contributed by atoms with van der Waals surface area (Å²) in [7, 11) is 0. The molecule has 0 saturated heterocycles. The predicted octanol–water partition coefficient (Wildman–Crippen LogP) is 3.55. The smallest absolute Gasteiger partial charge is 0.245 e. The predicted molar refractivity (Wildman–Crippen MR) is 95.1 cm³/mol. The zero-order chi connectivity index (χ0) is 17.7. The Bertz CT molecular complexity index is 692. The van der Waals surface area contributed by atoms with Gasteiger partial charge in [-0.25, -0.2) is 0 Å². The van der Waals surface area contributed by atoms with Crippen LogP contribution < -0.4 is 10.1 Å². The fraction of sp³-hybridized carbons (Fsp3) is 0.474. The van der Waals surface area contributed by atoms with Gasteiger partial charge in [-0.1, -0.05) is 19.1 Å². The monoisotopic (exact) mass is 329 g/mol. The van der Waals surface area contributed by atoms with Crippen molar-refractivity contribution >= 4 is 5.91 Å². The van der Waals surface area contributed by atoms with Gasteiger partial charge in [0.1, 0.15) is 11.8 Å². The number of carbonyl (C=O) groups is 1. The number of amides is 1. The van der Waals surface area contributed by atoms with Crippen LogP contribution >= 0.6 is 0 Å². The van der Waals surface area contributed by atoms with E-state index in [2.05, 4.69) is 10.4 Å². The lowest BCUT2D eigenvalue weighted by atomic mass is 10.1. The molecule has 0 unspecified atom stereocenters. The molecule has 1 N–H and O–H groups in total. The van der Waals surface area contributed by atoms with E-state index in [1.165, 1.54) is 0 Å². The number of aryl methyl sites for hydroxylation is 2. The lowest BCUT2D eigenvalue weighted by molar-refractivity contribution is -0.124. The van der Waals surface area contributed by atoms with Crippen molar-refractivity contribution in [3.05, 3.63) is 47.3 Å². The molecule has 0 radical (unpaired) electrons. The molecule has 130 valence electrons. The molecule has 2 rings (SSSR count). The molecule has 0 bridgehead atoms. The van der Waals surface area contributed by atoms with Gasteiger partial charge >= 0.3 is 0 Å². The molecular formula is C19H27N3O2. The Balaban J connectivity index is 2.02. The van der Waals surface area contributed by atoms with Crippen LogP contribution in [0.4, 0.5) is 0 Å². The van der Waals surface area contributed by atoms with Gasteiger partial charge in [-0.2, -0.15) is 5.10 Å². The summed E-state index contributed by atoms with van der Waals surface area (Å²) in [6.07, 6.45) is 0.829. The molecule has 0 spiro atoms. The van der Waals surface area contributed by atoms with Crippen LogP contribution in [0.1, 0.15) is 50.2 Å². The number of rotatable bonds is 7. The standard InChI is InChI=1S/C19H27N3O2/c1-6-18(22-15(5)10-14(4)21-22)19(23)20-12-16-8-7-9-17(11-16)24-13(2)3/h7-11,13,18H,6,12H2,1-5H3,(H,20,23)/t18-/m0/s1. The van der Waals surface area contributed by atoms with E-state index < -0.39 is 0 Å². The summed E-state index contributed by atoms with van der Waals surface area (Å²) in [5.74, 6) is 0.807. The van der Waals surface area contributed by atoms with Crippen molar-refractivity contribution in [1.29, 1.82) is 0 Å². The Morgan fingerprint density at radius 3 is 2.62 bits per heavy atom. The first-order chi connectivity index (χ1) is 11.4. The Labute approximate surface area is 144 Å².